The molecule has 6 nitrogen and oxygen atoms in total. The number of amides is 1. The number of para-hydroxylation sites is 1. The van der Waals surface area contributed by atoms with Crippen molar-refractivity contribution in [1.29, 1.82) is 0 Å². The first kappa shape index (κ1) is 26.6. The summed E-state index contributed by atoms with van der Waals surface area (Å²) in [4.78, 5) is 23.4. The topological polar surface area (TPSA) is 70.6 Å². The lowest BCUT2D eigenvalue weighted by Crippen LogP contribution is -2.38. The van der Waals surface area contributed by atoms with Gasteiger partial charge in [0.15, 0.2) is 15.0 Å². The second kappa shape index (κ2) is 11.5. The molecule has 0 saturated heterocycles. The van der Waals surface area contributed by atoms with Gasteiger partial charge < -0.3 is 4.90 Å². The molecule has 2 aromatic carbocycles. The fourth-order valence-corrected chi connectivity index (χ4v) is 5.58. The van der Waals surface area contributed by atoms with Crippen LogP contribution in [0.2, 0.25) is 0 Å². The Balaban J connectivity index is 0.00000363. The van der Waals surface area contributed by atoms with Crippen molar-refractivity contribution in [1.82, 2.24) is 9.88 Å². The molecule has 0 radical (unpaired) electrons. The molecule has 0 atom stereocenters. The summed E-state index contributed by atoms with van der Waals surface area (Å²) in [6.45, 7) is 7.13. The summed E-state index contributed by atoms with van der Waals surface area (Å²) in [7, 11) is -3.41. The van der Waals surface area contributed by atoms with Crippen molar-refractivity contribution in [3.05, 3.63) is 48.0 Å². The lowest BCUT2D eigenvalue weighted by atomic mass is 10.2. The highest BCUT2D eigenvalue weighted by molar-refractivity contribution is 7.98. The number of halogens is 1. The van der Waals surface area contributed by atoms with E-state index in [4.69, 9.17) is 4.98 Å². The van der Waals surface area contributed by atoms with Crippen LogP contribution in [0, 0.1) is 0 Å². The van der Waals surface area contributed by atoms with Gasteiger partial charge in [0.2, 0.25) is 0 Å². The van der Waals surface area contributed by atoms with Crippen molar-refractivity contribution < 1.29 is 13.2 Å². The molecule has 0 aliphatic heterocycles. The zero-order valence-electron chi connectivity index (χ0n) is 18.6. The Bertz CT molecular complexity index is 1180. The number of rotatable bonds is 9. The average Bonchev–Trinajstić information content (AvgIpc) is 3.20. The third kappa shape index (κ3) is 6.02. The molecule has 1 amide bonds. The summed E-state index contributed by atoms with van der Waals surface area (Å²) >= 11 is 3.10. The number of fused-ring (bicyclic) bond motifs is 1. The first-order valence-corrected chi connectivity index (χ1v) is 14.0. The molecule has 0 aliphatic rings. The van der Waals surface area contributed by atoms with E-state index in [1.807, 2.05) is 24.5 Å². The molecule has 1 aromatic heterocycles. The van der Waals surface area contributed by atoms with Crippen LogP contribution in [-0.4, -0.2) is 62.9 Å². The van der Waals surface area contributed by atoms with Crippen molar-refractivity contribution in [2.75, 3.05) is 43.6 Å². The monoisotopic (exact) mass is 513 g/mol. The molecular formula is C22H28ClN3O3S3. The maximum atomic E-state index is 13.5. The fourth-order valence-electron chi connectivity index (χ4n) is 3.27. The number of benzene rings is 2. The minimum atomic E-state index is -3.41. The molecule has 10 heteroatoms. The van der Waals surface area contributed by atoms with E-state index in [0.29, 0.717) is 23.8 Å². The molecule has 0 aliphatic carbocycles. The van der Waals surface area contributed by atoms with Crippen molar-refractivity contribution in [2.45, 2.75) is 23.6 Å². The Morgan fingerprint density at radius 1 is 1.09 bits per heavy atom. The van der Waals surface area contributed by atoms with E-state index in [1.165, 1.54) is 23.5 Å². The van der Waals surface area contributed by atoms with Gasteiger partial charge in [0.25, 0.3) is 5.91 Å². The van der Waals surface area contributed by atoms with Crippen LogP contribution in [0.3, 0.4) is 0 Å². The standard InChI is InChI=1S/C22H27N3O3S3.ClH/c1-5-24(6-2)13-14-25(21(26)16-9-7-10-17(15-16)31(4,27)28)22-23-20-18(29-3)11-8-12-19(20)30-22;/h7-12,15H,5-6,13-14H2,1-4H3;1H. The van der Waals surface area contributed by atoms with Crippen LogP contribution < -0.4 is 4.90 Å². The van der Waals surface area contributed by atoms with Gasteiger partial charge in [-0.05, 0) is 49.7 Å². The van der Waals surface area contributed by atoms with Crippen molar-refractivity contribution >= 4 is 66.6 Å². The fraction of sp³-hybridized carbons (Fsp3) is 0.364. The zero-order valence-corrected chi connectivity index (χ0v) is 21.8. The molecule has 0 spiro atoms. The number of carbonyl (C=O) groups is 1. The summed E-state index contributed by atoms with van der Waals surface area (Å²) in [6.07, 6.45) is 3.15. The van der Waals surface area contributed by atoms with E-state index in [9.17, 15) is 13.2 Å². The summed E-state index contributed by atoms with van der Waals surface area (Å²) in [5, 5.41) is 0.624. The van der Waals surface area contributed by atoms with Crippen molar-refractivity contribution in [3.63, 3.8) is 0 Å². The Hall–Kier alpha value is -1.65. The Labute approximate surface area is 204 Å². The van der Waals surface area contributed by atoms with Gasteiger partial charge in [0, 0.05) is 29.8 Å². The van der Waals surface area contributed by atoms with E-state index in [1.54, 1.807) is 28.8 Å². The third-order valence-corrected chi connectivity index (χ3v) is 8.03. The van der Waals surface area contributed by atoms with E-state index in [-0.39, 0.29) is 23.2 Å². The van der Waals surface area contributed by atoms with E-state index >= 15 is 0 Å². The molecule has 0 N–H and O–H groups in total. The second-order valence-electron chi connectivity index (χ2n) is 7.09. The van der Waals surface area contributed by atoms with Gasteiger partial charge in [-0.2, -0.15) is 0 Å². The molecule has 174 valence electrons. The van der Waals surface area contributed by atoms with Gasteiger partial charge in [0.05, 0.1) is 15.1 Å². The number of hydrogen-bond acceptors (Lipinski definition) is 7. The van der Waals surface area contributed by atoms with Crippen LogP contribution in [0.15, 0.2) is 52.3 Å². The number of nitrogens with zero attached hydrogens (tertiary/aromatic N) is 3. The van der Waals surface area contributed by atoms with Gasteiger partial charge in [-0.3, -0.25) is 9.69 Å². The maximum Gasteiger partial charge on any atom is 0.260 e. The number of sulfone groups is 1. The summed E-state index contributed by atoms with van der Waals surface area (Å²) in [6, 6.07) is 12.2. The number of thioether (sulfide) groups is 1. The first-order valence-electron chi connectivity index (χ1n) is 10.1. The minimum Gasteiger partial charge on any atom is -0.302 e. The zero-order chi connectivity index (χ0) is 22.6. The summed E-state index contributed by atoms with van der Waals surface area (Å²) in [5.41, 5.74) is 1.23. The quantitative estimate of drug-likeness (QED) is 0.381. The SMILES string of the molecule is CCN(CC)CCN(C(=O)c1cccc(S(C)(=O)=O)c1)c1nc2c(SC)cccc2s1.Cl. The predicted molar refractivity (Wildman–Crippen MR) is 138 cm³/mol. The van der Waals surface area contributed by atoms with E-state index in [2.05, 4.69) is 18.7 Å². The number of likely N-dealkylation sites (N-methyl/N-ethyl adjacent to an activating group) is 1. The number of aromatic nitrogens is 1. The highest BCUT2D eigenvalue weighted by atomic mass is 35.5. The molecule has 32 heavy (non-hydrogen) atoms. The van der Waals surface area contributed by atoms with Crippen LogP contribution in [0.25, 0.3) is 10.2 Å². The molecule has 3 rings (SSSR count). The predicted octanol–water partition coefficient (Wildman–Crippen LogP) is 4.83. The minimum absolute atomic E-state index is 0. The highest BCUT2D eigenvalue weighted by Crippen LogP contribution is 2.34. The average molecular weight is 514 g/mol. The van der Waals surface area contributed by atoms with Crippen LogP contribution >= 0.6 is 35.5 Å². The maximum absolute atomic E-state index is 13.5. The van der Waals surface area contributed by atoms with Gasteiger partial charge in [0.1, 0.15) is 0 Å². The van der Waals surface area contributed by atoms with Gasteiger partial charge in [-0.25, -0.2) is 13.4 Å². The molecule has 0 unspecified atom stereocenters. The van der Waals surface area contributed by atoms with E-state index < -0.39 is 9.84 Å². The van der Waals surface area contributed by atoms with E-state index in [0.717, 1.165) is 34.5 Å². The number of carbonyl (C=O) groups excluding carboxylic acids is 1. The molecular weight excluding hydrogens is 486 g/mol. The largest absolute Gasteiger partial charge is 0.302 e. The van der Waals surface area contributed by atoms with Crippen LogP contribution in [0.5, 0.6) is 0 Å². The van der Waals surface area contributed by atoms with Gasteiger partial charge >= 0.3 is 0 Å². The molecule has 0 fully saturated rings. The number of hydrogen-bond donors (Lipinski definition) is 0. The van der Waals surface area contributed by atoms with Crippen LogP contribution in [0.1, 0.15) is 24.2 Å². The second-order valence-corrected chi connectivity index (χ2v) is 11.0. The molecule has 1 heterocycles. The molecule has 0 bridgehead atoms. The summed E-state index contributed by atoms with van der Waals surface area (Å²) < 4.78 is 25.0. The van der Waals surface area contributed by atoms with Crippen LogP contribution in [-0.2, 0) is 9.84 Å². The van der Waals surface area contributed by atoms with Crippen LogP contribution in [0.4, 0.5) is 5.13 Å². The van der Waals surface area contributed by atoms with Crippen molar-refractivity contribution in [2.24, 2.45) is 0 Å². The third-order valence-electron chi connectivity index (χ3n) is 5.11. The van der Waals surface area contributed by atoms with Crippen molar-refractivity contribution in [3.8, 4) is 0 Å². The smallest absolute Gasteiger partial charge is 0.260 e. The lowest BCUT2D eigenvalue weighted by Gasteiger charge is -2.25. The Morgan fingerprint density at radius 3 is 2.41 bits per heavy atom. The number of thiazole rings is 1. The Kier molecular flexibility index (Phi) is 9.53. The highest BCUT2D eigenvalue weighted by Gasteiger charge is 2.23. The normalized spacial score (nSPS) is 11.5. The lowest BCUT2D eigenvalue weighted by molar-refractivity contribution is 0.0983. The van der Waals surface area contributed by atoms with Gasteiger partial charge in [-0.15, -0.1) is 24.2 Å². The van der Waals surface area contributed by atoms with Gasteiger partial charge in [-0.1, -0.05) is 37.3 Å². The summed E-state index contributed by atoms with van der Waals surface area (Å²) in [5.74, 6) is -0.248. The molecule has 3 aromatic rings. The first-order chi connectivity index (χ1) is 14.8. The molecule has 0 saturated carbocycles. The Morgan fingerprint density at radius 2 is 1.78 bits per heavy atom. The number of anilines is 1.